The Morgan fingerprint density at radius 3 is 2.89 bits per heavy atom. The van der Waals surface area contributed by atoms with Gasteiger partial charge in [0.25, 0.3) is 5.91 Å². The van der Waals surface area contributed by atoms with E-state index >= 15 is 0 Å². The van der Waals surface area contributed by atoms with E-state index in [1.54, 1.807) is 18.2 Å². The highest BCUT2D eigenvalue weighted by Gasteiger charge is 2.06. The number of rotatable bonds is 8. The minimum atomic E-state index is -0.193. The van der Waals surface area contributed by atoms with E-state index in [4.69, 9.17) is 10.6 Å². The van der Waals surface area contributed by atoms with Gasteiger partial charge in [-0.15, -0.1) is 0 Å². The van der Waals surface area contributed by atoms with Crippen LogP contribution in [0.25, 0.3) is 0 Å². The van der Waals surface area contributed by atoms with Gasteiger partial charge in [-0.25, -0.2) is 10.8 Å². The number of carbonyl (C=O) groups is 1. The van der Waals surface area contributed by atoms with Crippen LogP contribution in [0.4, 0.5) is 5.82 Å². The molecule has 6 nitrogen and oxygen atoms in total. The number of hydrogen-bond acceptors (Lipinski definition) is 5. The van der Waals surface area contributed by atoms with Crippen LogP contribution in [0.2, 0.25) is 0 Å². The monoisotopic (exact) mass is 266 g/mol. The molecule has 0 saturated heterocycles. The fourth-order valence-corrected chi connectivity index (χ4v) is 1.48. The van der Waals surface area contributed by atoms with Crippen LogP contribution in [0.5, 0.6) is 0 Å². The smallest absolute Gasteiger partial charge is 0.269 e. The first kappa shape index (κ1) is 15.4. The van der Waals surface area contributed by atoms with E-state index in [9.17, 15) is 4.79 Å². The van der Waals surface area contributed by atoms with Crippen LogP contribution < -0.4 is 16.6 Å². The molecule has 6 heteroatoms. The van der Waals surface area contributed by atoms with E-state index in [2.05, 4.69) is 15.7 Å². The molecule has 0 aliphatic heterocycles. The third kappa shape index (κ3) is 6.17. The van der Waals surface area contributed by atoms with Crippen molar-refractivity contribution in [1.29, 1.82) is 0 Å². The quantitative estimate of drug-likeness (QED) is 0.375. The molecule has 106 valence electrons. The first-order valence-electron chi connectivity index (χ1n) is 6.47. The largest absolute Gasteiger partial charge is 0.379 e. The van der Waals surface area contributed by atoms with Gasteiger partial charge in [-0.3, -0.25) is 4.79 Å². The van der Waals surface area contributed by atoms with Crippen molar-refractivity contribution in [3.8, 4) is 0 Å². The number of carbonyl (C=O) groups excluding carboxylic acids is 1. The van der Waals surface area contributed by atoms with Crippen LogP contribution in [0.1, 0.15) is 37.2 Å². The molecule has 4 N–H and O–H groups in total. The molecule has 19 heavy (non-hydrogen) atoms. The summed E-state index contributed by atoms with van der Waals surface area (Å²) in [5.41, 5.74) is 2.76. The maximum atomic E-state index is 11.8. The van der Waals surface area contributed by atoms with E-state index in [0.717, 1.165) is 19.4 Å². The molecule has 1 aromatic heterocycles. The lowest BCUT2D eigenvalue weighted by atomic mass is 10.3. The molecule has 0 bridgehead atoms. The van der Waals surface area contributed by atoms with Gasteiger partial charge in [-0.05, 0) is 38.8 Å². The van der Waals surface area contributed by atoms with Crippen molar-refractivity contribution in [3.63, 3.8) is 0 Å². The van der Waals surface area contributed by atoms with E-state index < -0.39 is 0 Å². The lowest BCUT2D eigenvalue weighted by Crippen LogP contribution is -2.26. The van der Waals surface area contributed by atoms with Crippen molar-refractivity contribution in [3.05, 3.63) is 23.9 Å². The number of amides is 1. The summed E-state index contributed by atoms with van der Waals surface area (Å²) >= 11 is 0. The molecular formula is C13H22N4O2. The Bertz CT molecular complexity index is 396. The molecule has 0 spiro atoms. The first-order chi connectivity index (χ1) is 9.13. The zero-order chi connectivity index (χ0) is 14.1. The second-order valence-corrected chi connectivity index (χ2v) is 4.43. The minimum absolute atomic E-state index is 0.193. The summed E-state index contributed by atoms with van der Waals surface area (Å²) in [5.74, 6) is 5.52. The number of nitrogen functional groups attached to an aromatic ring is 1. The molecule has 0 radical (unpaired) electrons. The van der Waals surface area contributed by atoms with Crippen molar-refractivity contribution in [2.75, 3.05) is 18.6 Å². The Morgan fingerprint density at radius 2 is 2.21 bits per heavy atom. The third-order valence-corrected chi connectivity index (χ3v) is 2.44. The molecule has 0 aromatic carbocycles. The Hall–Kier alpha value is -1.66. The second-order valence-electron chi connectivity index (χ2n) is 4.43. The summed E-state index contributed by atoms with van der Waals surface area (Å²) in [7, 11) is 0. The predicted octanol–water partition coefficient (Wildman–Crippen LogP) is 1.30. The van der Waals surface area contributed by atoms with Gasteiger partial charge in [0.05, 0.1) is 6.10 Å². The SMILES string of the molecule is CC(C)OCCCCNC(=O)c1cccc(NN)n1. The fourth-order valence-electron chi connectivity index (χ4n) is 1.48. The number of ether oxygens (including phenoxy) is 1. The summed E-state index contributed by atoms with van der Waals surface area (Å²) in [6.07, 6.45) is 2.06. The van der Waals surface area contributed by atoms with Crippen LogP contribution in [-0.4, -0.2) is 30.1 Å². The molecule has 0 saturated carbocycles. The number of pyridine rings is 1. The predicted molar refractivity (Wildman–Crippen MR) is 74.7 cm³/mol. The molecule has 0 fully saturated rings. The number of nitrogens with one attached hydrogen (secondary N) is 2. The Balaban J connectivity index is 2.23. The van der Waals surface area contributed by atoms with Crippen LogP contribution in [0.15, 0.2) is 18.2 Å². The summed E-state index contributed by atoms with van der Waals surface area (Å²) in [4.78, 5) is 15.8. The van der Waals surface area contributed by atoms with Gasteiger partial charge in [0, 0.05) is 13.2 Å². The average Bonchev–Trinajstić information content (AvgIpc) is 2.42. The topological polar surface area (TPSA) is 89.3 Å². The van der Waals surface area contributed by atoms with Crippen molar-refractivity contribution < 1.29 is 9.53 Å². The Morgan fingerprint density at radius 1 is 1.42 bits per heavy atom. The van der Waals surface area contributed by atoms with Crippen molar-refractivity contribution in [2.24, 2.45) is 5.84 Å². The summed E-state index contributed by atoms with van der Waals surface area (Å²) in [5, 5.41) is 2.81. The zero-order valence-corrected chi connectivity index (χ0v) is 11.5. The number of anilines is 1. The lowest BCUT2D eigenvalue weighted by Gasteiger charge is -2.08. The van der Waals surface area contributed by atoms with E-state index in [1.165, 1.54) is 0 Å². The van der Waals surface area contributed by atoms with Crippen molar-refractivity contribution in [2.45, 2.75) is 32.8 Å². The van der Waals surface area contributed by atoms with Gasteiger partial charge in [0.15, 0.2) is 0 Å². The average molecular weight is 266 g/mol. The normalized spacial score (nSPS) is 10.5. The van der Waals surface area contributed by atoms with Gasteiger partial charge < -0.3 is 15.5 Å². The van der Waals surface area contributed by atoms with Crippen LogP contribution in [0.3, 0.4) is 0 Å². The van der Waals surface area contributed by atoms with Gasteiger partial charge in [0.2, 0.25) is 0 Å². The molecule has 0 atom stereocenters. The summed E-state index contributed by atoms with van der Waals surface area (Å²) in [6.45, 7) is 5.35. The molecule has 0 aliphatic carbocycles. The standard InChI is InChI=1S/C13H22N4O2/c1-10(2)19-9-4-3-8-15-13(18)11-6-5-7-12(16-11)17-14/h5-7,10H,3-4,8-9,14H2,1-2H3,(H,15,18)(H,16,17). The maximum absolute atomic E-state index is 11.8. The number of hydrazine groups is 1. The van der Waals surface area contributed by atoms with Gasteiger partial charge >= 0.3 is 0 Å². The van der Waals surface area contributed by atoms with Crippen molar-refractivity contribution in [1.82, 2.24) is 10.3 Å². The summed E-state index contributed by atoms with van der Waals surface area (Å²) in [6, 6.07) is 5.08. The Kier molecular flexibility index (Phi) is 6.84. The number of nitrogens with zero attached hydrogens (tertiary/aromatic N) is 1. The minimum Gasteiger partial charge on any atom is -0.379 e. The van der Waals surface area contributed by atoms with Gasteiger partial charge in [0.1, 0.15) is 11.5 Å². The molecule has 1 heterocycles. The molecule has 1 aromatic rings. The van der Waals surface area contributed by atoms with E-state index in [-0.39, 0.29) is 12.0 Å². The highest BCUT2D eigenvalue weighted by atomic mass is 16.5. The summed E-state index contributed by atoms with van der Waals surface area (Å²) < 4.78 is 5.42. The van der Waals surface area contributed by atoms with E-state index in [0.29, 0.717) is 18.1 Å². The lowest BCUT2D eigenvalue weighted by molar-refractivity contribution is 0.0754. The third-order valence-electron chi connectivity index (χ3n) is 2.44. The second kappa shape index (κ2) is 8.44. The van der Waals surface area contributed by atoms with Crippen molar-refractivity contribution >= 4 is 11.7 Å². The molecule has 1 rings (SSSR count). The van der Waals surface area contributed by atoms with Gasteiger partial charge in [-0.1, -0.05) is 6.07 Å². The van der Waals surface area contributed by atoms with Crippen LogP contribution >= 0.6 is 0 Å². The molecular weight excluding hydrogens is 244 g/mol. The number of aromatic nitrogens is 1. The maximum Gasteiger partial charge on any atom is 0.269 e. The van der Waals surface area contributed by atoms with Gasteiger partial charge in [-0.2, -0.15) is 0 Å². The number of unbranched alkanes of at least 4 members (excludes halogenated alkanes) is 1. The number of nitrogens with two attached hydrogens (primary N) is 1. The molecule has 0 unspecified atom stereocenters. The van der Waals surface area contributed by atoms with Crippen LogP contribution in [-0.2, 0) is 4.74 Å². The molecule has 1 amide bonds. The first-order valence-corrected chi connectivity index (χ1v) is 6.47. The number of hydrogen-bond donors (Lipinski definition) is 3. The van der Waals surface area contributed by atoms with E-state index in [1.807, 2.05) is 13.8 Å². The highest BCUT2D eigenvalue weighted by molar-refractivity contribution is 5.92. The molecule has 0 aliphatic rings. The Labute approximate surface area is 113 Å². The van der Waals surface area contributed by atoms with Crippen LogP contribution in [0, 0.1) is 0 Å². The fraction of sp³-hybridized carbons (Fsp3) is 0.538. The zero-order valence-electron chi connectivity index (χ0n) is 11.5. The highest BCUT2D eigenvalue weighted by Crippen LogP contribution is 2.03.